The highest BCUT2D eigenvalue weighted by Crippen LogP contribution is 2.27. The van der Waals surface area contributed by atoms with Crippen molar-refractivity contribution in [3.8, 4) is 0 Å². The van der Waals surface area contributed by atoms with Gasteiger partial charge in [-0.05, 0) is 38.3 Å². The highest BCUT2D eigenvalue weighted by molar-refractivity contribution is 5.54. The SMILES string of the molecule is CC(N)c1c(F)cccc1N(C)CCCCCO. The lowest BCUT2D eigenvalue weighted by atomic mass is 10.0. The van der Waals surface area contributed by atoms with E-state index in [2.05, 4.69) is 0 Å². The Labute approximate surface area is 108 Å². The summed E-state index contributed by atoms with van der Waals surface area (Å²) in [5.41, 5.74) is 7.26. The Bertz CT molecular complexity index is 369. The number of aliphatic hydroxyl groups is 1. The fraction of sp³-hybridized carbons (Fsp3) is 0.571. The van der Waals surface area contributed by atoms with Gasteiger partial charge in [0.1, 0.15) is 5.82 Å². The van der Waals surface area contributed by atoms with Crippen molar-refractivity contribution in [2.45, 2.75) is 32.2 Å². The fourth-order valence-corrected chi connectivity index (χ4v) is 2.07. The third-order valence-electron chi connectivity index (χ3n) is 3.05. The number of hydrogen-bond acceptors (Lipinski definition) is 3. The van der Waals surface area contributed by atoms with Gasteiger partial charge in [0.25, 0.3) is 0 Å². The predicted molar refractivity (Wildman–Crippen MR) is 73.2 cm³/mol. The average Bonchev–Trinajstić information content (AvgIpc) is 2.33. The van der Waals surface area contributed by atoms with Crippen LogP contribution in [-0.2, 0) is 0 Å². The zero-order valence-electron chi connectivity index (χ0n) is 11.2. The molecule has 0 aromatic heterocycles. The summed E-state index contributed by atoms with van der Waals surface area (Å²) in [5, 5.41) is 8.72. The summed E-state index contributed by atoms with van der Waals surface area (Å²) < 4.78 is 13.8. The van der Waals surface area contributed by atoms with Crippen LogP contribution in [0.25, 0.3) is 0 Å². The third-order valence-corrected chi connectivity index (χ3v) is 3.05. The highest BCUT2D eigenvalue weighted by atomic mass is 19.1. The second kappa shape index (κ2) is 7.34. The van der Waals surface area contributed by atoms with E-state index in [1.807, 2.05) is 18.0 Å². The van der Waals surface area contributed by atoms with E-state index in [0.29, 0.717) is 5.56 Å². The van der Waals surface area contributed by atoms with Crippen molar-refractivity contribution in [2.24, 2.45) is 5.73 Å². The van der Waals surface area contributed by atoms with Gasteiger partial charge in [0.05, 0.1) is 0 Å². The van der Waals surface area contributed by atoms with E-state index in [9.17, 15) is 4.39 Å². The quantitative estimate of drug-likeness (QED) is 0.735. The maximum Gasteiger partial charge on any atom is 0.130 e. The zero-order chi connectivity index (χ0) is 13.5. The van der Waals surface area contributed by atoms with Crippen molar-refractivity contribution in [1.82, 2.24) is 0 Å². The van der Waals surface area contributed by atoms with Gasteiger partial charge in [0, 0.05) is 37.5 Å². The summed E-state index contributed by atoms with van der Waals surface area (Å²) in [6, 6.07) is 4.73. The molecule has 1 aromatic rings. The fourth-order valence-electron chi connectivity index (χ4n) is 2.07. The minimum atomic E-state index is -0.318. The van der Waals surface area contributed by atoms with Crippen molar-refractivity contribution in [2.75, 3.05) is 25.1 Å². The van der Waals surface area contributed by atoms with Gasteiger partial charge in [0.15, 0.2) is 0 Å². The van der Waals surface area contributed by atoms with Gasteiger partial charge in [-0.2, -0.15) is 0 Å². The number of nitrogens with two attached hydrogens (primary N) is 1. The van der Waals surface area contributed by atoms with E-state index < -0.39 is 0 Å². The van der Waals surface area contributed by atoms with Crippen LogP contribution < -0.4 is 10.6 Å². The first-order valence-corrected chi connectivity index (χ1v) is 6.44. The second-order valence-electron chi connectivity index (χ2n) is 4.67. The molecular formula is C14H23FN2O. The third kappa shape index (κ3) is 3.96. The molecule has 102 valence electrons. The molecule has 1 atom stereocenters. The van der Waals surface area contributed by atoms with Crippen LogP contribution in [0.1, 0.15) is 37.8 Å². The van der Waals surface area contributed by atoms with Crippen LogP contribution in [-0.4, -0.2) is 25.3 Å². The molecule has 18 heavy (non-hydrogen) atoms. The molecule has 0 saturated carbocycles. The first kappa shape index (κ1) is 14.9. The molecule has 0 bridgehead atoms. The molecule has 0 aliphatic carbocycles. The molecule has 0 amide bonds. The molecule has 0 saturated heterocycles. The van der Waals surface area contributed by atoms with E-state index in [4.69, 9.17) is 10.8 Å². The van der Waals surface area contributed by atoms with Gasteiger partial charge in [-0.3, -0.25) is 0 Å². The number of rotatable bonds is 7. The molecule has 3 N–H and O–H groups in total. The molecule has 0 fully saturated rings. The first-order valence-electron chi connectivity index (χ1n) is 6.44. The summed E-state index contributed by atoms with van der Waals surface area (Å²) in [6.07, 6.45) is 2.77. The molecule has 0 spiro atoms. The molecule has 1 rings (SSSR count). The van der Waals surface area contributed by atoms with Crippen LogP contribution in [0.5, 0.6) is 0 Å². The van der Waals surface area contributed by atoms with Crippen molar-refractivity contribution in [3.63, 3.8) is 0 Å². The monoisotopic (exact) mass is 254 g/mol. The number of unbranched alkanes of at least 4 members (excludes halogenated alkanes) is 2. The van der Waals surface area contributed by atoms with Crippen LogP contribution in [0.2, 0.25) is 0 Å². The van der Waals surface area contributed by atoms with E-state index in [0.717, 1.165) is 31.5 Å². The van der Waals surface area contributed by atoms with Crippen molar-refractivity contribution >= 4 is 5.69 Å². The molecular weight excluding hydrogens is 231 g/mol. The zero-order valence-corrected chi connectivity index (χ0v) is 11.2. The van der Waals surface area contributed by atoms with Gasteiger partial charge >= 0.3 is 0 Å². The Hall–Kier alpha value is -1.13. The van der Waals surface area contributed by atoms with Crippen LogP contribution in [0.15, 0.2) is 18.2 Å². The van der Waals surface area contributed by atoms with E-state index in [1.54, 1.807) is 13.0 Å². The molecule has 0 aliphatic heterocycles. The molecule has 0 aliphatic rings. The van der Waals surface area contributed by atoms with Gasteiger partial charge in [-0.25, -0.2) is 4.39 Å². The normalized spacial score (nSPS) is 12.5. The lowest BCUT2D eigenvalue weighted by Crippen LogP contribution is -2.22. The van der Waals surface area contributed by atoms with Crippen LogP contribution in [0, 0.1) is 5.82 Å². The van der Waals surface area contributed by atoms with Gasteiger partial charge in [-0.15, -0.1) is 0 Å². The predicted octanol–water partition coefficient (Wildman–Crippen LogP) is 2.44. The summed E-state index contributed by atoms with van der Waals surface area (Å²) in [6.45, 7) is 2.86. The molecule has 1 unspecified atom stereocenters. The topological polar surface area (TPSA) is 49.5 Å². The Morgan fingerprint density at radius 2 is 2.06 bits per heavy atom. The maximum absolute atomic E-state index is 13.8. The maximum atomic E-state index is 13.8. The molecule has 0 heterocycles. The van der Waals surface area contributed by atoms with E-state index in [1.165, 1.54) is 6.07 Å². The van der Waals surface area contributed by atoms with Crippen molar-refractivity contribution in [3.05, 3.63) is 29.6 Å². The van der Waals surface area contributed by atoms with Gasteiger partial charge < -0.3 is 15.7 Å². The first-order chi connectivity index (χ1) is 8.57. The van der Waals surface area contributed by atoms with Gasteiger partial charge in [0.2, 0.25) is 0 Å². The number of anilines is 1. The molecule has 0 radical (unpaired) electrons. The van der Waals surface area contributed by atoms with Gasteiger partial charge in [-0.1, -0.05) is 6.07 Å². The van der Waals surface area contributed by atoms with Crippen LogP contribution >= 0.6 is 0 Å². The molecule has 4 heteroatoms. The number of aliphatic hydroxyl groups excluding tert-OH is 1. The summed E-state index contributed by atoms with van der Waals surface area (Å²) in [5.74, 6) is -0.246. The second-order valence-corrected chi connectivity index (χ2v) is 4.67. The lowest BCUT2D eigenvalue weighted by Gasteiger charge is -2.24. The van der Waals surface area contributed by atoms with Crippen molar-refractivity contribution < 1.29 is 9.50 Å². The minimum absolute atomic E-state index is 0.231. The molecule has 3 nitrogen and oxygen atoms in total. The lowest BCUT2D eigenvalue weighted by molar-refractivity contribution is 0.283. The Balaban J connectivity index is 2.72. The standard InChI is InChI=1S/C14H23FN2O/c1-11(16)14-12(15)7-6-8-13(14)17(2)9-4-3-5-10-18/h6-8,11,18H,3-5,9-10,16H2,1-2H3. The van der Waals surface area contributed by atoms with E-state index >= 15 is 0 Å². The summed E-state index contributed by atoms with van der Waals surface area (Å²) in [7, 11) is 1.94. The minimum Gasteiger partial charge on any atom is -0.396 e. The number of hydrogen-bond donors (Lipinski definition) is 2. The average molecular weight is 254 g/mol. The van der Waals surface area contributed by atoms with Crippen LogP contribution in [0.4, 0.5) is 10.1 Å². The smallest absolute Gasteiger partial charge is 0.130 e. The van der Waals surface area contributed by atoms with Crippen molar-refractivity contribution in [1.29, 1.82) is 0 Å². The van der Waals surface area contributed by atoms with Crippen LogP contribution in [0.3, 0.4) is 0 Å². The number of benzene rings is 1. The number of halogens is 1. The Morgan fingerprint density at radius 1 is 1.33 bits per heavy atom. The summed E-state index contributed by atoms with van der Waals surface area (Å²) in [4.78, 5) is 2.03. The highest BCUT2D eigenvalue weighted by Gasteiger charge is 2.14. The molecule has 1 aromatic carbocycles. The van der Waals surface area contributed by atoms with E-state index in [-0.39, 0.29) is 18.5 Å². The Kier molecular flexibility index (Phi) is 6.09. The number of nitrogens with zero attached hydrogens (tertiary/aromatic N) is 1. The summed E-state index contributed by atoms with van der Waals surface area (Å²) >= 11 is 0. The largest absolute Gasteiger partial charge is 0.396 e. The Morgan fingerprint density at radius 3 is 2.67 bits per heavy atom.